The molecule has 0 bridgehead atoms. The van der Waals surface area contributed by atoms with Crippen LogP contribution in [0.1, 0.15) is 11.3 Å². The number of anilines is 1. The Morgan fingerprint density at radius 2 is 2.09 bits per heavy atom. The molecule has 1 amide bonds. The summed E-state index contributed by atoms with van der Waals surface area (Å²) in [4.78, 5) is 30.1. The van der Waals surface area contributed by atoms with Crippen LogP contribution in [-0.4, -0.2) is 28.5 Å². The first-order chi connectivity index (χ1) is 10.5. The lowest BCUT2D eigenvalue weighted by Gasteiger charge is -2.11. The van der Waals surface area contributed by atoms with Gasteiger partial charge in [0.1, 0.15) is 0 Å². The molecule has 2 aromatic rings. The van der Waals surface area contributed by atoms with Crippen LogP contribution in [0, 0.1) is 12.8 Å². The van der Waals surface area contributed by atoms with Gasteiger partial charge in [-0.15, -0.1) is 11.3 Å². The summed E-state index contributed by atoms with van der Waals surface area (Å²) in [6.07, 6.45) is 0.0432. The van der Waals surface area contributed by atoms with Gasteiger partial charge in [-0.3, -0.25) is 14.5 Å². The molecule has 114 valence electrons. The molecule has 1 unspecified atom stereocenters. The van der Waals surface area contributed by atoms with Crippen molar-refractivity contribution in [2.45, 2.75) is 13.3 Å². The number of thiazole rings is 1. The van der Waals surface area contributed by atoms with E-state index in [1.165, 1.54) is 16.2 Å². The maximum Gasteiger partial charge on any atom is 0.308 e. The maximum atomic E-state index is 12.0. The number of carboxylic acids is 1. The number of halogens is 1. The van der Waals surface area contributed by atoms with Gasteiger partial charge in [0.25, 0.3) is 0 Å². The number of rotatable bonds is 3. The smallest absolute Gasteiger partial charge is 0.308 e. The highest BCUT2D eigenvalue weighted by Crippen LogP contribution is 2.35. The largest absolute Gasteiger partial charge is 0.481 e. The molecule has 1 N–H and O–H groups in total. The van der Waals surface area contributed by atoms with E-state index in [1.807, 2.05) is 31.2 Å². The molecular formula is C15H13BrN2O3S. The Balaban J connectivity index is 1.91. The second-order valence-corrected chi connectivity index (χ2v) is 7.25. The van der Waals surface area contributed by atoms with Gasteiger partial charge in [-0.25, -0.2) is 4.98 Å². The van der Waals surface area contributed by atoms with Crippen molar-refractivity contribution in [3.63, 3.8) is 0 Å². The Morgan fingerprint density at radius 1 is 1.41 bits per heavy atom. The summed E-state index contributed by atoms with van der Waals surface area (Å²) in [6.45, 7) is 2.15. The number of hydrogen-bond acceptors (Lipinski definition) is 4. The van der Waals surface area contributed by atoms with E-state index in [0.717, 1.165) is 20.6 Å². The number of amides is 1. The van der Waals surface area contributed by atoms with Gasteiger partial charge in [0, 0.05) is 27.9 Å². The predicted octanol–water partition coefficient (Wildman–Crippen LogP) is 3.32. The number of aromatic nitrogens is 1. The quantitative estimate of drug-likeness (QED) is 0.886. The van der Waals surface area contributed by atoms with E-state index in [0.29, 0.717) is 5.13 Å². The Bertz CT molecular complexity index is 742. The standard InChI is InChI=1S/C15H13BrN2O3S/c1-8-13(9-2-4-11(16)5-3-9)17-15(22-8)18-7-10(14(20)21)6-12(18)19/h2-5,10H,6-7H2,1H3,(H,20,21). The molecular weight excluding hydrogens is 368 g/mol. The van der Waals surface area contributed by atoms with Crippen molar-refractivity contribution in [3.05, 3.63) is 33.6 Å². The molecule has 1 atom stereocenters. The van der Waals surface area contributed by atoms with Crippen molar-refractivity contribution in [1.29, 1.82) is 0 Å². The number of aliphatic carboxylic acids is 1. The Labute approximate surface area is 139 Å². The number of carbonyl (C=O) groups is 2. The molecule has 5 nitrogen and oxygen atoms in total. The molecule has 1 saturated heterocycles. The molecule has 1 aromatic carbocycles. The van der Waals surface area contributed by atoms with E-state index in [1.54, 1.807) is 0 Å². The first-order valence-electron chi connectivity index (χ1n) is 6.72. The first kappa shape index (κ1) is 15.2. The fraction of sp³-hybridized carbons (Fsp3) is 0.267. The van der Waals surface area contributed by atoms with Gasteiger partial charge in [-0.05, 0) is 19.1 Å². The number of carbonyl (C=O) groups excluding carboxylic acids is 1. The maximum absolute atomic E-state index is 12.0. The summed E-state index contributed by atoms with van der Waals surface area (Å²) in [5.41, 5.74) is 1.81. The van der Waals surface area contributed by atoms with Crippen molar-refractivity contribution < 1.29 is 14.7 Å². The SMILES string of the molecule is Cc1sc(N2CC(C(=O)O)CC2=O)nc1-c1ccc(Br)cc1. The van der Waals surface area contributed by atoms with Crippen molar-refractivity contribution in [2.24, 2.45) is 5.92 Å². The van der Waals surface area contributed by atoms with Crippen LogP contribution >= 0.6 is 27.3 Å². The van der Waals surface area contributed by atoms with Crippen LogP contribution < -0.4 is 4.90 Å². The minimum Gasteiger partial charge on any atom is -0.481 e. The molecule has 1 aliphatic rings. The molecule has 22 heavy (non-hydrogen) atoms. The average molecular weight is 381 g/mol. The zero-order valence-corrected chi connectivity index (χ0v) is 14.1. The van der Waals surface area contributed by atoms with Crippen LogP contribution in [0.15, 0.2) is 28.7 Å². The zero-order chi connectivity index (χ0) is 15.9. The van der Waals surface area contributed by atoms with Crippen LogP contribution in [0.4, 0.5) is 5.13 Å². The molecule has 2 heterocycles. The number of nitrogens with zero attached hydrogens (tertiary/aromatic N) is 2. The first-order valence-corrected chi connectivity index (χ1v) is 8.33. The number of benzene rings is 1. The van der Waals surface area contributed by atoms with Gasteiger partial charge in [-0.1, -0.05) is 28.1 Å². The molecule has 0 radical (unpaired) electrons. The summed E-state index contributed by atoms with van der Waals surface area (Å²) in [5.74, 6) is -1.76. The van der Waals surface area contributed by atoms with E-state index < -0.39 is 11.9 Å². The van der Waals surface area contributed by atoms with Crippen molar-refractivity contribution in [3.8, 4) is 11.3 Å². The van der Waals surface area contributed by atoms with Crippen LogP contribution in [0.5, 0.6) is 0 Å². The third-order valence-electron chi connectivity index (χ3n) is 3.61. The third kappa shape index (κ3) is 2.78. The fourth-order valence-electron chi connectivity index (χ4n) is 2.43. The van der Waals surface area contributed by atoms with Crippen molar-refractivity contribution in [2.75, 3.05) is 11.4 Å². The van der Waals surface area contributed by atoms with Crippen molar-refractivity contribution >= 4 is 44.3 Å². The second kappa shape index (κ2) is 5.81. The van der Waals surface area contributed by atoms with E-state index >= 15 is 0 Å². The van der Waals surface area contributed by atoms with E-state index in [2.05, 4.69) is 20.9 Å². The van der Waals surface area contributed by atoms with E-state index in [4.69, 9.17) is 5.11 Å². The van der Waals surface area contributed by atoms with Crippen LogP contribution in [-0.2, 0) is 9.59 Å². The highest BCUT2D eigenvalue weighted by Gasteiger charge is 2.36. The highest BCUT2D eigenvalue weighted by atomic mass is 79.9. The lowest BCUT2D eigenvalue weighted by atomic mass is 10.1. The summed E-state index contributed by atoms with van der Waals surface area (Å²) >= 11 is 4.81. The fourth-order valence-corrected chi connectivity index (χ4v) is 3.65. The molecule has 1 aromatic heterocycles. The summed E-state index contributed by atoms with van der Waals surface area (Å²) in [6, 6.07) is 7.80. The molecule has 1 fully saturated rings. The minimum atomic E-state index is -0.933. The van der Waals surface area contributed by atoms with Gasteiger partial charge in [0.15, 0.2) is 5.13 Å². The molecule has 0 aliphatic carbocycles. The predicted molar refractivity (Wildman–Crippen MR) is 88.1 cm³/mol. The van der Waals surface area contributed by atoms with E-state index in [-0.39, 0.29) is 18.9 Å². The van der Waals surface area contributed by atoms with Crippen LogP contribution in [0.3, 0.4) is 0 Å². The van der Waals surface area contributed by atoms with Crippen LogP contribution in [0.2, 0.25) is 0 Å². The molecule has 3 rings (SSSR count). The van der Waals surface area contributed by atoms with Gasteiger partial charge in [0.05, 0.1) is 11.6 Å². The number of carboxylic acid groups (broad SMARTS) is 1. The van der Waals surface area contributed by atoms with E-state index in [9.17, 15) is 9.59 Å². The third-order valence-corrected chi connectivity index (χ3v) is 5.13. The van der Waals surface area contributed by atoms with Gasteiger partial charge < -0.3 is 5.11 Å². The lowest BCUT2D eigenvalue weighted by molar-refractivity contribution is -0.141. The van der Waals surface area contributed by atoms with Gasteiger partial charge >= 0.3 is 5.97 Å². The zero-order valence-electron chi connectivity index (χ0n) is 11.7. The van der Waals surface area contributed by atoms with Crippen molar-refractivity contribution in [1.82, 2.24) is 4.98 Å². The molecule has 1 aliphatic heterocycles. The summed E-state index contributed by atoms with van der Waals surface area (Å²) < 4.78 is 0.989. The molecule has 0 saturated carbocycles. The molecule has 7 heteroatoms. The van der Waals surface area contributed by atoms with Crippen LogP contribution in [0.25, 0.3) is 11.3 Å². The Hall–Kier alpha value is -1.73. The average Bonchev–Trinajstić information content (AvgIpc) is 3.03. The molecule has 0 spiro atoms. The second-order valence-electron chi connectivity index (χ2n) is 5.15. The highest BCUT2D eigenvalue weighted by molar-refractivity contribution is 9.10. The Morgan fingerprint density at radius 3 is 2.68 bits per heavy atom. The van der Waals surface area contributed by atoms with Gasteiger partial charge in [0.2, 0.25) is 5.91 Å². The van der Waals surface area contributed by atoms with Gasteiger partial charge in [-0.2, -0.15) is 0 Å². The monoisotopic (exact) mass is 380 g/mol. The normalized spacial score (nSPS) is 18.0. The summed E-state index contributed by atoms with van der Waals surface area (Å²) in [7, 11) is 0. The Kier molecular flexibility index (Phi) is 4.01. The topological polar surface area (TPSA) is 70.5 Å². The number of aryl methyl sites for hydroxylation is 1. The lowest BCUT2D eigenvalue weighted by Crippen LogP contribution is -2.25. The summed E-state index contributed by atoms with van der Waals surface area (Å²) in [5, 5.41) is 9.63. The minimum absolute atomic E-state index is 0.0432. The number of hydrogen-bond donors (Lipinski definition) is 1.